The number of unbranched alkanes of at least 4 members (excludes halogenated alkanes) is 1. The van der Waals surface area contributed by atoms with Gasteiger partial charge in [-0.2, -0.15) is 0 Å². The van der Waals surface area contributed by atoms with E-state index >= 15 is 0 Å². The molecule has 0 bridgehead atoms. The van der Waals surface area contributed by atoms with Gasteiger partial charge in [-0.15, -0.1) is 0 Å². The van der Waals surface area contributed by atoms with Gasteiger partial charge in [-0.1, -0.05) is 30.3 Å². The molecule has 2 amide bonds. The fourth-order valence-corrected chi connectivity index (χ4v) is 2.84. The van der Waals surface area contributed by atoms with Gasteiger partial charge in [-0.05, 0) is 72.8 Å². The normalized spacial score (nSPS) is 13.6. The minimum Gasteiger partial charge on any atom is -0.458 e. The van der Waals surface area contributed by atoms with Crippen molar-refractivity contribution in [2.75, 3.05) is 6.54 Å². The van der Waals surface area contributed by atoms with E-state index in [9.17, 15) is 14.4 Å². The summed E-state index contributed by atoms with van der Waals surface area (Å²) in [5.74, 6) is -0.908. The Morgan fingerprint density at radius 1 is 0.938 bits per heavy atom. The van der Waals surface area contributed by atoms with E-state index in [1.54, 1.807) is 41.5 Å². The maximum absolute atomic E-state index is 12.6. The zero-order valence-electron chi connectivity index (χ0n) is 20.2. The van der Waals surface area contributed by atoms with Crippen molar-refractivity contribution in [1.29, 1.82) is 0 Å². The number of carbonyl (C=O) groups excluding carboxylic acids is 3. The molecule has 0 saturated carbocycles. The van der Waals surface area contributed by atoms with Crippen LogP contribution in [0, 0.1) is 0 Å². The second-order valence-corrected chi connectivity index (χ2v) is 9.82. The van der Waals surface area contributed by atoms with Crippen molar-refractivity contribution in [2.24, 2.45) is 5.73 Å². The van der Waals surface area contributed by atoms with Crippen molar-refractivity contribution in [1.82, 2.24) is 10.6 Å². The van der Waals surface area contributed by atoms with E-state index in [2.05, 4.69) is 10.6 Å². The number of nitrogens with two attached hydrogens (primary N) is 1. The van der Waals surface area contributed by atoms with Crippen LogP contribution in [-0.4, -0.2) is 47.8 Å². The molecule has 8 heteroatoms. The van der Waals surface area contributed by atoms with Gasteiger partial charge in [0.05, 0.1) is 6.04 Å². The maximum atomic E-state index is 12.6. The van der Waals surface area contributed by atoms with Crippen LogP contribution in [-0.2, 0) is 25.5 Å². The van der Waals surface area contributed by atoms with E-state index in [1.807, 2.05) is 30.3 Å². The lowest BCUT2D eigenvalue weighted by Crippen LogP contribution is -2.50. The zero-order valence-corrected chi connectivity index (χ0v) is 20.2. The highest BCUT2D eigenvalue weighted by Crippen LogP contribution is 2.12. The number of amides is 2. The first-order valence-electron chi connectivity index (χ1n) is 11.1. The summed E-state index contributed by atoms with van der Waals surface area (Å²) in [5, 5.41) is 5.42. The van der Waals surface area contributed by atoms with E-state index < -0.39 is 41.3 Å². The number of hydrogen-bond donors (Lipinski definition) is 3. The molecule has 0 fully saturated rings. The Morgan fingerprint density at radius 2 is 1.53 bits per heavy atom. The summed E-state index contributed by atoms with van der Waals surface area (Å²) in [6.07, 6.45) is 1.46. The van der Waals surface area contributed by atoms with Gasteiger partial charge in [-0.3, -0.25) is 4.79 Å². The highest BCUT2D eigenvalue weighted by atomic mass is 16.6. The summed E-state index contributed by atoms with van der Waals surface area (Å²) >= 11 is 0. The fourth-order valence-electron chi connectivity index (χ4n) is 2.84. The summed E-state index contributed by atoms with van der Waals surface area (Å²) in [6, 6.07) is 7.86. The molecule has 1 rings (SSSR count). The van der Waals surface area contributed by atoms with E-state index in [-0.39, 0.29) is 0 Å². The van der Waals surface area contributed by atoms with Crippen molar-refractivity contribution in [3.05, 3.63) is 35.9 Å². The van der Waals surface area contributed by atoms with E-state index in [0.717, 1.165) is 5.56 Å². The van der Waals surface area contributed by atoms with Crippen molar-refractivity contribution in [2.45, 2.75) is 90.5 Å². The molecule has 0 aliphatic heterocycles. The van der Waals surface area contributed by atoms with E-state index in [4.69, 9.17) is 15.2 Å². The Labute approximate surface area is 191 Å². The third-order valence-corrected chi connectivity index (χ3v) is 4.23. The molecular formula is C24H39N3O5. The molecule has 0 heterocycles. The Kier molecular flexibility index (Phi) is 10.7. The predicted octanol–water partition coefficient (Wildman–Crippen LogP) is 3.08. The van der Waals surface area contributed by atoms with Crippen LogP contribution in [0.2, 0.25) is 0 Å². The Bertz CT molecular complexity index is 738. The van der Waals surface area contributed by atoms with Gasteiger partial charge >= 0.3 is 12.1 Å². The number of ether oxygens (including phenoxy) is 2. The minimum absolute atomic E-state index is 0.369. The van der Waals surface area contributed by atoms with Crippen LogP contribution in [0.5, 0.6) is 0 Å². The minimum atomic E-state index is -0.815. The Hall–Kier alpha value is -2.61. The second-order valence-electron chi connectivity index (χ2n) is 9.82. The summed E-state index contributed by atoms with van der Waals surface area (Å²) < 4.78 is 10.7. The number of alkyl carbamates (subject to hydrolysis) is 1. The van der Waals surface area contributed by atoms with Gasteiger partial charge < -0.3 is 25.8 Å². The molecule has 1 aromatic rings. The van der Waals surface area contributed by atoms with Crippen LogP contribution < -0.4 is 16.4 Å². The van der Waals surface area contributed by atoms with Gasteiger partial charge in [0.2, 0.25) is 5.91 Å². The van der Waals surface area contributed by atoms with Gasteiger partial charge in [0, 0.05) is 6.54 Å². The lowest BCUT2D eigenvalue weighted by molar-refractivity contribution is -0.159. The number of benzene rings is 1. The van der Waals surface area contributed by atoms with Crippen LogP contribution in [0.25, 0.3) is 0 Å². The molecule has 0 unspecified atom stereocenters. The molecule has 2 atom stereocenters. The fraction of sp³-hybridized carbons (Fsp3) is 0.625. The highest BCUT2D eigenvalue weighted by Gasteiger charge is 2.28. The van der Waals surface area contributed by atoms with Crippen molar-refractivity contribution < 1.29 is 23.9 Å². The first-order chi connectivity index (χ1) is 14.8. The van der Waals surface area contributed by atoms with Crippen LogP contribution in [0.1, 0.15) is 66.4 Å². The molecule has 4 N–H and O–H groups in total. The average molecular weight is 450 g/mol. The van der Waals surface area contributed by atoms with Crippen LogP contribution >= 0.6 is 0 Å². The second kappa shape index (κ2) is 12.4. The Balaban J connectivity index is 2.60. The number of hydrogen-bond acceptors (Lipinski definition) is 6. The summed E-state index contributed by atoms with van der Waals surface area (Å²) in [7, 11) is 0. The SMILES string of the molecule is CC(C)(C)OC(=O)NCCCC[C@H](NC(=O)[C@@H](N)Cc1ccccc1)C(=O)OC(C)(C)C. The first kappa shape index (κ1) is 27.4. The third kappa shape index (κ3) is 12.3. The standard InChI is InChI=1S/C24H39N3O5/c1-23(2,3)31-21(29)19(14-10-11-15-26-22(30)32-24(4,5)6)27-20(28)18(25)16-17-12-8-7-9-13-17/h7-9,12-13,18-19H,10-11,14-16,25H2,1-6H3,(H,26,30)(H,27,28)/t18-,19-/m0/s1. The molecule has 180 valence electrons. The Morgan fingerprint density at radius 3 is 2.09 bits per heavy atom. The van der Waals surface area contributed by atoms with Crippen LogP contribution in [0.3, 0.4) is 0 Å². The summed E-state index contributed by atoms with van der Waals surface area (Å²) in [6.45, 7) is 11.1. The molecule has 0 saturated heterocycles. The number of esters is 1. The smallest absolute Gasteiger partial charge is 0.407 e. The maximum Gasteiger partial charge on any atom is 0.407 e. The lowest BCUT2D eigenvalue weighted by Gasteiger charge is -2.25. The number of rotatable bonds is 10. The van der Waals surface area contributed by atoms with Crippen LogP contribution in [0.4, 0.5) is 4.79 Å². The number of nitrogens with one attached hydrogen (secondary N) is 2. The quantitative estimate of drug-likeness (QED) is 0.373. The zero-order chi connectivity index (χ0) is 24.4. The van der Waals surface area contributed by atoms with E-state index in [1.165, 1.54) is 0 Å². The first-order valence-corrected chi connectivity index (χ1v) is 11.1. The molecule has 32 heavy (non-hydrogen) atoms. The predicted molar refractivity (Wildman–Crippen MR) is 124 cm³/mol. The molecule has 1 aromatic carbocycles. The summed E-state index contributed by atoms with van der Waals surface area (Å²) in [5.41, 5.74) is 5.76. The van der Waals surface area contributed by atoms with Crippen LogP contribution in [0.15, 0.2) is 30.3 Å². The molecule has 0 radical (unpaired) electrons. The molecule has 0 spiro atoms. The van der Waals surface area contributed by atoms with Crippen molar-refractivity contribution >= 4 is 18.0 Å². The van der Waals surface area contributed by atoms with Gasteiger partial charge in [-0.25, -0.2) is 9.59 Å². The third-order valence-electron chi connectivity index (χ3n) is 4.23. The van der Waals surface area contributed by atoms with Gasteiger partial charge in [0.25, 0.3) is 0 Å². The summed E-state index contributed by atoms with van der Waals surface area (Å²) in [4.78, 5) is 37.0. The molecular weight excluding hydrogens is 410 g/mol. The molecule has 0 aliphatic rings. The largest absolute Gasteiger partial charge is 0.458 e. The molecule has 0 aliphatic carbocycles. The van der Waals surface area contributed by atoms with Crippen molar-refractivity contribution in [3.63, 3.8) is 0 Å². The van der Waals surface area contributed by atoms with E-state index in [0.29, 0.717) is 32.2 Å². The average Bonchev–Trinajstić information content (AvgIpc) is 2.64. The lowest BCUT2D eigenvalue weighted by atomic mass is 10.0. The molecule has 0 aromatic heterocycles. The van der Waals surface area contributed by atoms with Crippen molar-refractivity contribution in [3.8, 4) is 0 Å². The van der Waals surface area contributed by atoms with Gasteiger partial charge in [0.15, 0.2) is 0 Å². The molecule has 8 nitrogen and oxygen atoms in total. The number of carbonyl (C=O) groups is 3. The monoisotopic (exact) mass is 449 g/mol. The van der Waals surface area contributed by atoms with Gasteiger partial charge in [0.1, 0.15) is 17.2 Å². The highest BCUT2D eigenvalue weighted by molar-refractivity contribution is 5.87. The topological polar surface area (TPSA) is 120 Å².